The second kappa shape index (κ2) is 6.97. The van der Waals surface area contributed by atoms with Crippen molar-refractivity contribution in [2.75, 3.05) is 19.6 Å². The van der Waals surface area contributed by atoms with E-state index in [0.717, 1.165) is 30.8 Å². The van der Waals surface area contributed by atoms with Crippen molar-refractivity contribution >= 4 is 0 Å². The zero-order chi connectivity index (χ0) is 14.8. The molecule has 0 aromatic carbocycles. The van der Waals surface area contributed by atoms with Crippen LogP contribution >= 0.6 is 0 Å². The van der Waals surface area contributed by atoms with Gasteiger partial charge in [0.1, 0.15) is 0 Å². The fraction of sp³-hybridized carbons (Fsp3) is 1.00. The molecule has 0 bridgehead atoms. The van der Waals surface area contributed by atoms with Gasteiger partial charge in [0.2, 0.25) is 0 Å². The number of aliphatic hydroxyl groups excluding tert-OH is 1. The quantitative estimate of drug-likeness (QED) is 0.758. The topological polar surface area (TPSA) is 35.5 Å². The number of aliphatic hydroxyl groups is 1. The normalized spacial score (nSPS) is 34.4. The lowest BCUT2D eigenvalue weighted by Gasteiger charge is -2.44. The summed E-state index contributed by atoms with van der Waals surface area (Å²) in [5.41, 5.74) is 0. The molecule has 0 aromatic heterocycles. The largest absolute Gasteiger partial charge is 0.393 e. The highest BCUT2D eigenvalue weighted by atomic mass is 16.3. The Morgan fingerprint density at radius 2 is 1.90 bits per heavy atom. The molecule has 1 aliphatic heterocycles. The van der Waals surface area contributed by atoms with Crippen LogP contribution in [0.5, 0.6) is 0 Å². The van der Waals surface area contributed by atoms with Crippen LogP contribution in [0.3, 0.4) is 0 Å². The van der Waals surface area contributed by atoms with Gasteiger partial charge in [0.15, 0.2) is 0 Å². The van der Waals surface area contributed by atoms with E-state index in [1.165, 1.54) is 51.6 Å². The number of piperidine rings is 1. The summed E-state index contributed by atoms with van der Waals surface area (Å²) in [6.07, 6.45) is 9.38. The lowest BCUT2D eigenvalue weighted by atomic mass is 9.84. The summed E-state index contributed by atoms with van der Waals surface area (Å²) in [5, 5.41) is 13.9. The maximum absolute atomic E-state index is 10.1. The zero-order valence-electron chi connectivity index (χ0n) is 13.9. The van der Waals surface area contributed by atoms with Crippen molar-refractivity contribution in [2.45, 2.75) is 77.0 Å². The van der Waals surface area contributed by atoms with E-state index in [0.29, 0.717) is 12.0 Å². The molecule has 3 heteroatoms. The standard InChI is InChI=1S/C18H34N2O/c1-3-18(15-7-8-15)20-11-16(13(2)21)9-17(12-20)19-10-14-5-4-6-14/h13-19,21H,3-12H2,1-2H3. The number of likely N-dealkylation sites (tertiary alicyclic amines) is 1. The van der Waals surface area contributed by atoms with Crippen LogP contribution in [0.25, 0.3) is 0 Å². The van der Waals surface area contributed by atoms with Crippen LogP contribution in [0, 0.1) is 17.8 Å². The monoisotopic (exact) mass is 294 g/mol. The first-order valence-electron chi connectivity index (χ1n) is 9.32. The molecular formula is C18H34N2O. The van der Waals surface area contributed by atoms with E-state index in [4.69, 9.17) is 0 Å². The van der Waals surface area contributed by atoms with Crippen LogP contribution in [0.2, 0.25) is 0 Å². The third-order valence-corrected chi connectivity index (χ3v) is 6.17. The third kappa shape index (κ3) is 4.00. The molecule has 3 aliphatic rings. The summed E-state index contributed by atoms with van der Waals surface area (Å²) in [5.74, 6) is 2.32. The van der Waals surface area contributed by atoms with Crippen molar-refractivity contribution in [1.29, 1.82) is 0 Å². The maximum atomic E-state index is 10.1. The van der Waals surface area contributed by atoms with Gasteiger partial charge in [0, 0.05) is 25.2 Å². The first kappa shape index (κ1) is 15.8. The Morgan fingerprint density at radius 1 is 1.14 bits per heavy atom. The first-order chi connectivity index (χ1) is 10.2. The van der Waals surface area contributed by atoms with Crippen molar-refractivity contribution < 1.29 is 5.11 Å². The fourth-order valence-corrected chi connectivity index (χ4v) is 4.34. The van der Waals surface area contributed by atoms with Crippen molar-refractivity contribution in [2.24, 2.45) is 17.8 Å². The minimum absolute atomic E-state index is 0.169. The van der Waals surface area contributed by atoms with E-state index in [1.54, 1.807) is 0 Å². The maximum Gasteiger partial charge on any atom is 0.0553 e. The zero-order valence-corrected chi connectivity index (χ0v) is 13.9. The molecule has 2 saturated carbocycles. The highest BCUT2D eigenvalue weighted by molar-refractivity contribution is 4.94. The molecule has 3 fully saturated rings. The second-order valence-electron chi connectivity index (χ2n) is 7.91. The van der Waals surface area contributed by atoms with Gasteiger partial charge in [-0.2, -0.15) is 0 Å². The van der Waals surface area contributed by atoms with Crippen molar-refractivity contribution in [3.63, 3.8) is 0 Å². The van der Waals surface area contributed by atoms with E-state index in [-0.39, 0.29) is 6.10 Å². The number of nitrogens with one attached hydrogen (secondary N) is 1. The van der Waals surface area contributed by atoms with Gasteiger partial charge < -0.3 is 10.4 Å². The number of hydrogen-bond donors (Lipinski definition) is 2. The molecule has 4 atom stereocenters. The van der Waals surface area contributed by atoms with Gasteiger partial charge in [0.25, 0.3) is 0 Å². The molecule has 3 nitrogen and oxygen atoms in total. The van der Waals surface area contributed by atoms with Gasteiger partial charge in [0.05, 0.1) is 6.10 Å². The molecule has 0 radical (unpaired) electrons. The highest BCUT2D eigenvalue weighted by Crippen LogP contribution is 2.38. The summed E-state index contributed by atoms with van der Waals surface area (Å²) in [4.78, 5) is 2.71. The van der Waals surface area contributed by atoms with Crippen molar-refractivity contribution in [3.8, 4) is 0 Å². The van der Waals surface area contributed by atoms with E-state index < -0.39 is 0 Å². The van der Waals surface area contributed by atoms with Crippen LogP contribution in [0.4, 0.5) is 0 Å². The lowest BCUT2D eigenvalue weighted by Crippen LogP contribution is -2.55. The number of rotatable bonds is 7. The van der Waals surface area contributed by atoms with Gasteiger partial charge >= 0.3 is 0 Å². The molecule has 3 rings (SSSR count). The van der Waals surface area contributed by atoms with Crippen molar-refractivity contribution in [1.82, 2.24) is 10.2 Å². The van der Waals surface area contributed by atoms with E-state index in [9.17, 15) is 5.11 Å². The fourth-order valence-electron chi connectivity index (χ4n) is 4.34. The van der Waals surface area contributed by atoms with E-state index >= 15 is 0 Å². The van der Waals surface area contributed by atoms with Gasteiger partial charge in [-0.25, -0.2) is 0 Å². The Balaban J connectivity index is 1.57. The molecule has 1 saturated heterocycles. The molecular weight excluding hydrogens is 260 g/mol. The average Bonchev–Trinajstić information content (AvgIpc) is 3.22. The lowest BCUT2D eigenvalue weighted by molar-refractivity contribution is 0.0218. The van der Waals surface area contributed by atoms with Gasteiger partial charge in [-0.05, 0) is 69.7 Å². The Hall–Kier alpha value is -0.120. The molecule has 4 unspecified atom stereocenters. The molecule has 122 valence electrons. The summed E-state index contributed by atoms with van der Waals surface area (Å²) in [6, 6.07) is 1.35. The van der Waals surface area contributed by atoms with Crippen LogP contribution < -0.4 is 5.32 Å². The predicted molar refractivity (Wildman–Crippen MR) is 87.3 cm³/mol. The van der Waals surface area contributed by atoms with Gasteiger partial charge in [-0.3, -0.25) is 4.90 Å². The average molecular weight is 294 g/mol. The van der Waals surface area contributed by atoms with Gasteiger partial charge in [-0.15, -0.1) is 0 Å². The smallest absolute Gasteiger partial charge is 0.0553 e. The third-order valence-electron chi connectivity index (χ3n) is 6.17. The van der Waals surface area contributed by atoms with E-state index in [1.807, 2.05) is 6.92 Å². The molecule has 1 heterocycles. The van der Waals surface area contributed by atoms with Crippen molar-refractivity contribution in [3.05, 3.63) is 0 Å². The van der Waals surface area contributed by atoms with Crippen LogP contribution in [0.15, 0.2) is 0 Å². The SMILES string of the molecule is CCC(C1CC1)N1CC(NCC2CCC2)CC(C(C)O)C1. The first-order valence-corrected chi connectivity index (χ1v) is 9.32. The minimum atomic E-state index is -0.169. The summed E-state index contributed by atoms with van der Waals surface area (Å²) in [6.45, 7) is 7.82. The molecule has 2 N–H and O–H groups in total. The Labute approximate surface area is 130 Å². The summed E-state index contributed by atoms with van der Waals surface area (Å²) < 4.78 is 0. The molecule has 0 aromatic rings. The Kier molecular flexibility index (Phi) is 5.23. The molecule has 2 aliphatic carbocycles. The summed E-state index contributed by atoms with van der Waals surface area (Å²) in [7, 11) is 0. The second-order valence-corrected chi connectivity index (χ2v) is 7.91. The van der Waals surface area contributed by atoms with Gasteiger partial charge in [-0.1, -0.05) is 13.3 Å². The van der Waals surface area contributed by atoms with Crippen LogP contribution in [-0.2, 0) is 0 Å². The molecule has 21 heavy (non-hydrogen) atoms. The predicted octanol–water partition coefficient (Wildman–Crippen LogP) is 2.64. The summed E-state index contributed by atoms with van der Waals surface area (Å²) >= 11 is 0. The minimum Gasteiger partial charge on any atom is -0.393 e. The van der Waals surface area contributed by atoms with Crippen LogP contribution in [0.1, 0.15) is 58.8 Å². The molecule has 0 amide bonds. The van der Waals surface area contributed by atoms with Crippen LogP contribution in [-0.4, -0.2) is 47.8 Å². The number of nitrogens with zero attached hydrogens (tertiary/aromatic N) is 1. The number of hydrogen-bond acceptors (Lipinski definition) is 3. The molecule has 0 spiro atoms. The van der Waals surface area contributed by atoms with E-state index in [2.05, 4.69) is 17.1 Å². The highest BCUT2D eigenvalue weighted by Gasteiger charge is 2.39. The Bertz CT molecular complexity index is 325. The Morgan fingerprint density at radius 3 is 2.43 bits per heavy atom.